The third-order valence-corrected chi connectivity index (χ3v) is 4.34. The molecule has 28 heavy (non-hydrogen) atoms. The molecule has 0 aromatic heterocycles. The van der Waals surface area contributed by atoms with Gasteiger partial charge in [-0.15, -0.1) is 0 Å². The topological polar surface area (TPSA) is 127 Å². The van der Waals surface area contributed by atoms with Crippen LogP contribution in [0.4, 0.5) is 0 Å². The molecule has 2 N–H and O–H groups in total. The summed E-state index contributed by atoms with van der Waals surface area (Å²) in [5, 5.41) is 18.6. The number of hydrogen-bond donors (Lipinski definition) is 2. The van der Waals surface area contributed by atoms with E-state index in [0.29, 0.717) is 8.95 Å². The first kappa shape index (κ1) is 21.6. The molecule has 2 aromatic carbocycles. The number of benzene rings is 2. The number of halogens is 2. The quantitative estimate of drug-likeness (QED) is 0.538. The molecule has 0 fully saturated rings. The van der Waals surface area contributed by atoms with Gasteiger partial charge < -0.3 is 19.7 Å². The van der Waals surface area contributed by atoms with Gasteiger partial charge in [0, 0.05) is 8.95 Å². The van der Waals surface area contributed by atoms with Crippen LogP contribution in [0.1, 0.15) is 20.7 Å². The fraction of sp³-hybridized carbons (Fsp3) is 0.111. The average Bonchev–Trinajstić information content (AvgIpc) is 2.63. The van der Waals surface area contributed by atoms with E-state index in [0.717, 1.165) is 0 Å². The molecule has 2 atom stereocenters. The molecule has 0 aliphatic rings. The van der Waals surface area contributed by atoms with Crippen molar-refractivity contribution < 1.29 is 38.9 Å². The summed E-state index contributed by atoms with van der Waals surface area (Å²) in [6.07, 6.45) is -4.50. The molecule has 0 aliphatic carbocycles. The Kier molecular flexibility index (Phi) is 7.30. The monoisotopic (exact) mass is 514 g/mol. The fourth-order valence-corrected chi connectivity index (χ4v) is 2.88. The summed E-state index contributed by atoms with van der Waals surface area (Å²) in [6, 6.07) is 11.7. The third-order valence-electron chi connectivity index (χ3n) is 3.35. The number of carbonyl (C=O) groups is 4. The maximum atomic E-state index is 12.2. The van der Waals surface area contributed by atoms with E-state index in [-0.39, 0.29) is 11.1 Å². The van der Waals surface area contributed by atoms with Crippen LogP contribution in [0.15, 0.2) is 57.5 Å². The summed E-state index contributed by atoms with van der Waals surface area (Å²) in [6.45, 7) is 0. The molecule has 0 saturated carbocycles. The smallest absolute Gasteiger partial charge is 0.349 e. The number of aliphatic carboxylic acids is 2. The number of carboxylic acids is 2. The minimum atomic E-state index is -2.25. The van der Waals surface area contributed by atoms with Crippen LogP contribution in [0.25, 0.3) is 0 Å². The molecule has 146 valence electrons. The minimum absolute atomic E-state index is 0.0110. The van der Waals surface area contributed by atoms with E-state index >= 15 is 0 Å². The summed E-state index contributed by atoms with van der Waals surface area (Å²) < 4.78 is 10.7. The summed E-state index contributed by atoms with van der Waals surface area (Å²) in [5.41, 5.74) is -0.0221. The highest BCUT2D eigenvalue weighted by Crippen LogP contribution is 2.17. The van der Waals surface area contributed by atoms with Gasteiger partial charge in [-0.1, -0.05) is 44.0 Å². The molecule has 0 bridgehead atoms. The van der Waals surface area contributed by atoms with Crippen molar-refractivity contribution >= 4 is 55.7 Å². The van der Waals surface area contributed by atoms with Crippen LogP contribution < -0.4 is 0 Å². The van der Waals surface area contributed by atoms with Gasteiger partial charge in [-0.05, 0) is 36.4 Å². The minimum Gasteiger partial charge on any atom is -0.478 e. The maximum Gasteiger partial charge on any atom is 0.349 e. The number of esters is 2. The van der Waals surface area contributed by atoms with Gasteiger partial charge in [-0.25, -0.2) is 19.2 Å². The number of carboxylic acid groups (broad SMARTS) is 2. The van der Waals surface area contributed by atoms with E-state index < -0.39 is 36.1 Å². The average molecular weight is 516 g/mol. The van der Waals surface area contributed by atoms with E-state index in [1.54, 1.807) is 12.1 Å². The Morgan fingerprint density at radius 3 is 1.36 bits per heavy atom. The van der Waals surface area contributed by atoms with Crippen molar-refractivity contribution in [2.45, 2.75) is 12.2 Å². The molecule has 0 amide bonds. The van der Waals surface area contributed by atoms with Crippen molar-refractivity contribution in [2.75, 3.05) is 0 Å². The van der Waals surface area contributed by atoms with Crippen LogP contribution in [0.3, 0.4) is 0 Å². The third kappa shape index (κ3) is 5.64. The van der Waals surface area contributed by atoms with Crippen molar-refractivity contribution in [3.05, 3.63) is 68.6 Å². The van der Waals surface area contributed by atoms with Gasteiger partial charge in [0.15, 0.2) is 0 Å². The highest BCUT2D eigenvalue weighted by Gasteiger charge is 2.41. The predicted octanol–water partition coefficient (Wildman–Crippen LogP) is 3.13. The van der Waals surface area contributed by atoms with Gasteiger partial charge in [0.2, 0.25) is 12.2 Å². The molecule has 0 heterocycles. The lowest BCUT2D eigenvalue weighted by Gasteiger charge is -2.21. The van der Waals surface area contributed by atoms with Crippen molar-refractivity contribution in [1.82, 2.24) is 0 Å². The molecule has 10 heteroatoms. The van der Waals surface area contributed by atoms with E-state index in [9.17, 15) is 29.4 Å². The van der Waals surface area contributed by atoms with E-state index in [1.807, 2.05) is 0 Å². The van der Waals surface area contributed by atoms with Gasteiger partial charge >= 0.3 is 23.9 Å². The van der Waals surface area contributed by atoms with E-state index in [1.165, 1.54) is 36.4 Å². The Labute approximate surface area is 175 Å². The lowest BCUT2D eigenvalue weighted by Crippen LogP contribution is -2.45. The van der Waals surface area contributed by atoms with Crippen molar-refractivity contribution in [3.8, 4) is 0 Å². The Morgan fingerprint density at radius 2 is 1.07 bits per heavy atom. The van der Waals surface area contributed by atoms with Crippen LogP contribution in [-0.4, -0.2) is 46.3 Å². The van der Waals surface area contributed by atoms with Crippen molar-refractivity contribution in [2.24, 2.45) is 0 Å². The molecule has 0 unspecified atom stereocenters. The first-order valence-electron chi connectivity index (χ1n) is 7.57. The van der Waals surface area contributed by atoms with Crippen molar-refractivity contribution in [3.63, 3.8) is 0 Å². The summed E-state index contributed by atoms with van der Waals surface area (Å²) in [7, 11) is 0. The molecular formula is C18H12Br2O8. The Bertz CT molecular complexity index is 852. The normalized spacial score (nSPS) is 12.5. The number of ether oxygens (including phenoxy) is 2. The SMILES string of the molecule is O=C(O[C@@H](C(=O)O)[C@@H](OC(=O)c1cccc(Br)c1)C(=O)O)c1cccc(Br)c1. The lowest BCUT2D eigenvalue weighted by atomic mass is 10.1. The van der Waals surface area contributed by atoms with Gasteiger partial charge in [0.25, 0.3) is 0 Å². The largest absolute Gasteiger partial charge is 0.478 e. The zero-order valence-corrected chi connectivity index (χ0v) is 17.0. The van der Waals surface area contributed by atoms with Gasteiger partial charge in [-0.2, -0.15) is 0 Å². The second-order valence-corrected chi connectivity index (χ2v) is 7.18. The standard InChI is InChI=1S/C18H12Br2O8/c19-11-5-1-3-9(7-11)17(25)27-13(15(21)22)14(16(23)24)28-18(26)10-4-2-6-12(20)8-10/h1-8,13-14H,(H,21,22)(H,23,24)/t13-,14-/m1/s1. The zero-order valence-electron chi connectivity index (χ0n) is 13.9. The maximum absolute atomic E-state index is 12.2. The molecule has 0 saturated heterocycles. The fourth-order valence-electron chi connectivity index (χ4n) is 2.08. The molecule has 2 aromatic rings. The van der Waals surface area contributed by atoms with Gasteiger partial charge in [0.1, 0.15) is 0 Å². The van der Waals surface area contributed by atoms with Crippen molar-refractivity contribution in [1.29, 1.82) is 0 Å². The molecule has 8 nitrogen and oxygen atoms in total. The summed E-state index contributed by atoms with van der Waals surface area (Å²) in [5.74, 6) is -5.73. The van der Waals surface area contributed by atoms with Crippen LogP contribution in [-0.2, 0) is 19.1 Å². The van der Waals surface area contributed by atoms with Gasteiger partial charge in [0.05, 0.1) is 11.1 Å². The molecular weight excluding hydrogens is 504 g/mol. The van der Waals surface area contributed by atoms with Crippen LogP contribution in [0, 0.1) is 0 Å². The van der Waals surface area contributed by atoms with Crippen LogP contribution >= 0.6 is 31.9 Å². The summed E-state index contributed by atoms with van der Waals surface area (Å²) in [4.78, 5) is 47.4. The molecule has 0 spiro atoms. The predicted molar refractivity (Wildman–Crippen MR) is 102 cm³/mol. The van der Waals surface area contributed by atoms with Crippen LogP contribution in [0.2, 0.25) is 0 Å². The second-order valence-electron chi connectivity index (χ2n) is 5.35. The second kappa shape index (κ2) is 9.47. The van der Waals surface area contributed by atoms with E-state index in [4.69, 9.17) is 9.47 Å². The molecule has 0 aliphatic heterocycles. The Morgan fingerprint density at radius 1 is 0.714 bits per heavy atom. The number of hydrogen-bond acceptors (Lipinski definition) is 6. The molecule has 2 rings (SSSR count). The van der Waals surface area contributed by atoms with E-state index in [2.05, 4.69) is 31.9 Å². The lowest BCUT2D eigenvalue weighted by molar-refractivity contribution is -0.166. The highest BCUT2D eigenvalue weighted by atomic mass is 79.9. The number of rotatable bonds is 7. The first-order chi connectivity index (χ1) is 13.2. The Balaban J connectivity index is 2.24. The zero-order chi connectivity index (χ0) is 20.8. The van der Waals surface area contributed by atoms with Crippen LogP contribution in [0.5, 0.6) is 0 Å². The number of carbonyl (C=O) groups excluding carboxylic acids is 2. The highest BCUT2D eigenvalue weighted by molar-refractivity contribution is 9.10. The van der Waals surface area contributed by atoms with Gasteiger partial charge in [-0.3, -0.25) is 0 Å². The molecule has 0 radical (unpaired) electrons. The Hall–Kier alpha value is -2.72. The first-order valence-corrected chi connectivity index (χ1v) is 9.16. The summed E-state index contributed by atoms with van der Waals surface area (Å²) >= 11 is 6.30.